The summed E-state index contributed by atoms with van der Waals surface area (Å²) in [6.45, 7) is 1.04. The molecular formula is C38H40N6O4. The van der Waals surface area contributed by atoms with Crippen LogP contribution in [0, 0.1) is 0 Å². The summed E-state index contributed by atoms with van der Waals surface area (Å²) in [4.78, 5) is 34.2. The number of carbonyl (C=O) groups excluding carboxylic acids is 2. The first-order chi connectivity index (χ1) is 23.6. The number of alkyl carbamates (subject to hydrolysis) is 2. The Morgan fingerprint density at radius 1 is 0.646 bits per heavy atom. The number of rotatable bonds is 12. The monoisotopic (exact) mass is 644 g/mol. The van der Waals surface area contributed by atoms with Gasteiger partial charge in [0.25, 0.3) is 0 Å². The van der Waals surface area contributed by atoms with Gasteiger partial charge in [0.1, 0.15) is 0 Å². The summed E-state index contributed by atoms with van der Waals surface area (Å²) in [6, 6.07) is 29.1. The quantitative estimate of drug-likeness (QED) is 0.144. The summed E-state index contributed by atoms with van der Waals surface area (Å²) in [5.41, 5.74) is 4.77. The highest BCUT2D eigenvalue weighted by Crippen LogP contribution is 2.40. The fraction of sp³-hybridized carbons (Fsp3) is 0.316. The summed E-state index contributed by atoms with van der Waals surface area (Å²) in [6.07, 6.45) is 10.4. The molecule has 0 spiro atoms. The van der Waals surface area contributed by atoms with Gasteiger partial charge < -0.3 is 29.2 Å². The minimum absolute atomic E-state index is 0.106. The summed E-state index contributed by atoms with van der Waals surface area (Å²) in [5.74, 6) is 1.56. The number of hydrogen-bond donors (Lipinski definition) is 2. The van der Waals surface area contributed by atoms with E-state index in [1.807, 2.05) is 48.8 Å². The number of benzene rings is 3. The zero-order valence-corrected chi connectivity index (χ0v) is 26.8. The Morgan fingerprint density at radius 3 is 1.56 bits per heavy atom. The van der Waals surface area contributed by atoms with E-state index in [-0.39, 0.29) is 24.3 Å². The molecule has 4 atom stereocenters. The van der Waals surface area contributed by atoms with Crippen molar-refractivity contribution in [2.45, 2.75) is 62.8 Å². The van der Waals surface area contributed by atoms with E-state index in [9.17, 15) is 9.59 Å². The minimum Gasteiger partial charge on any atom is -0.438 e. The van der Waals surface area contributed by atoms with Gasteiger partial charge in [-0.2, -0.15) is 0 Å². The maximum absolute atomic E-state index is 12.6. The fourth-order valence-corrected chi connectivity index (χ4v) is 6.91. The molecule has 2 N–H and O–H groups in total. The van der Waals surface area contributed by atoms with Crippen LogP contribution in [0.5, 0.6) is 0 Å². The standard InChI is InChI=1S/C38H40N6O4/c45-37(47-33-25-31(29-14-3-1-4-15-29)43-22-20-39-35(33)43)41-18-8-12-27-10-7-11-28(24-27)13-9-19-42-38(46)48-34-26-32(30-16-5-2-6-17-30)44-23-21-40-36(34)44/h1-7,10-11,14-17,20-24,31-34H,8-9,12-13,18-19,25-26H2,(H,41,45)(H,42,46)/t31-,32-,33+,34+/m1/s1. The molecule has 4 heterocycles. The van der Waals surface area contributed by atoms with Crippen molar-refractivity contribution in [1.29, 1.82) is 0 Å². The van der Waals surface area contributed by atoms with Crippen LogP contribution < -0.4 is 10.6 Å². The predicted octanol–water partition coefficient (Wildman–Crippen LogP) is 6.87. The third-order valence-electron chi connectivity index (χ3n) is 9.20. The molecule has 2 aliphatic rings. The largest absolute Gasteiger partial charge is 0.438 e. The van der Waals surface area contributed by atoms with Gasteiger partial charge in [0.05, 0.1) is 12.1 Å². The Labute approximate surface area is 280 Å². The Hall–Kier alpha value is -5.38. The molecule has 7 rings (SSSR count). The first kappa shape index (κ1) is 31.2. The number of imidazole rings is 2. The van der Waals surface area contributed by atoms with Crippen LogP contribution in [0.2, 0.25) is 0 Å². The summed E-state index contributed by atoms with van der Waals surface area (Å²) in [7, 11) is 0. The van der Waals surface area contributed by atoms with Gasteiger partial charge in [-0.3, -0.25) is 0 Å². The number of nitrogens with one attached hydrogen (secondary N) is 2. The van der Waals surface area contributed by atoms with Crippen LogP contribution >= 0.6 is 0 Å². The Kier molecular flexibility index (Phi) is 9.49. The molecular weight excluding hydrogens is 604 g/mol. The first-order valence-electron chi connectivity index (χ1n) is 16.7. The van der Waals surface area contributed by atoms with Crippen molar-refractivity contribution in [2.75, 3.05) is 13.1 Å². The molecule has 0 bridgehead atoms. The minimum atomic E-state index is -0.419. The number of carbonyl (C=O) groups is 2. The third kappa shape index (κ3) is 7.12. The molecule has 246 valence electrons. The second-order valence-corrected chi connectivity index (χ2v) is 12.4. The fourth-order valence-electron chi connectivity index (χ4n) is 6.91. The summed E-state index contributed by atoms with van der Waals surface area (Å²) in [5, 5.41) is 5.82. The molecule has 0 saturated heterocycles. The van der Waals surface area contributed by atoms with Gasteiger partial charge in [0.15, 0.2) is 23.9 Å². The highest BCUT2D eigenvalue weighted by atomic mass is 16.6. The molecule has 2 aliphatic heterocycles. The van der Waals surface area contributed by atoms with Crippen molar-refractivity contribution in [1.82, 2.24) is 29.7 Å². The zero-order valence-electron chi connectivity index (χ0n) is 26.8. The van der Waals surface area contributed by atoms with E-state index < -0.39 is 12.2 Å². The van der Waals surface area contributed by atoms with Crippen molar-refractivity contribution in [2.24, 2.45) is 0 Å². The molecule has 2 aromatic heterocycles. The smallest absolute Gasteiger partial charge is 0.407 e. The van der Waals surface area contributed by atoms with E-state index in [2.05, 4.69) is 78.3 Å². The number of amides is 2. The second-order valence-electron chi connectivity index (χ2n) is 12.4. The van der Waals surface area contributed by atoms with Gasteiger partial charge in [-0.05, 0) is 47.9 Å². The average molecular weight is 645 g/mol. The SMILES string of the molecule is O=C(NCCCc1cccc(CCCNC(=O)O[C@H]2C[C@H](c3ccccc3)n3ccnc32)c1)O[C@H]1C[C@H](c2ccccc2)n2ccnc21. The van der Waals surface area contributed by atoms with Crippen LogP contribution in [0.4, 0.5) is 9.59 Å². The van der Waals surface area contributed by atoms with E-state index >= 15 is 0 Å². The van der Waals surface area contributed by atoms with Crippen molar-refractivity contribution in [3.05, 3.63) is 144 Å². The Bertz CT molecular complexity index is 1690. The highest BCUT2D eigenvalue weighted by Gasteiger charge is 2.36. The maximum atomic E-state index is 12.6. The number of aromatic nitrogens is 4. The number of ether oxygens (including phenoxy) is 2. The van der Waals surface area contributed by atoms with E-state index in [0.29, 0.717) is 25.9 Å². The van der Waals surface area contributed by atoms with Crippen LogP contribution in [-0.2, 0) is 22.3 Å². The molecule has 0 unspecified atom stereocenters. The number of hydrogen-bond acceptors (Lipinski definition) is 6. The van der Waals surface area contributed by atoms with Crippen molar-refractivity contribution in [3.63, 3.8) is 0 Å². The van der Waals surface area contributed by atoms with Crippen molar-refractivity contribution < 1.29 is 19.1 Å². The lowest BCUT2D eigenvalue weighted by molar-refractivity contribution is 0.0940. The van der Waals surface area contributed by atoms with Crippen LogP contribution in [0.15, 0.2) is 110 Å². The van der Waals surface area contributed by atoms with Crippen molar-refractivity contribution in [3.8, 4) is 0 Å². The van der Waals surface area contributed by atoms with Crippen LogP contribution in [0.3, 0.4) is 0 Å². The summed E-state index contributed by atoms with van der Waals surface area (Å²) < 4.78 is 15.8. The molecule has 2 amide bonds. The first-order valence-corrected chi connectivity index (χ1v) is 16.7. The van der Waals surface area contributed by atoms with Crippen LogP contribution in [0.25, 0.3) is 0 Å². The summed E-state index contributed by atoms with van der Waals surface area (Å²) >= 11 is 0. The van der Waals surface area contributed by atoms with Crippen LogP contribution in [0.1, 0.15) is 83.9 Å². The van der Waals surface area contributed by atoms with Gasteiger partial charge >= 0.3 is 12.2 Å². The molecule has 5 aromatic rings. The van der Waals surface area contributed by atoms with Gasteiger partial charge in [-0.25, -0.2) is 19.6 Å². The molecule has 48 heavy (non-hydrogen) atoms. The van der Waals surface area contributed by atoms with E-state index in [1.165, 1.54) is 22.3 Å². The number of fused-ring (bicyclic) bond motifs is 2. The molecule has 0 saturated carbocycles. The third-order valence-corrected chi connectivity index (χ3v) is 9.20. The average Bonchev–Trinajstić information content (AvgIpc) is 3.91. The maximum Gasteiger partial charge on any atom is 0.407 e. The lowest BCUT2D eigenvalue weighted by Gasteiger charge is -2.14. The number of aryl methyl sites for hydroxylation is 2. The Morgan fingerprint density at radius 2 is 1.10 bits per heavy atom. The molecule has 0 radical (unpaired) electrons. The van der Waals surface area contributed by atoms with Crippen LogP contribution in [-0.4, -0.2) is 44.4 Å². The van der Waals surface area contributed by atoms with E-state index in [0.717, 1.165) is 37.3 Å². The van der Waals surface area contributed by atoms with E-state index in [4.69, 9.17) is 9.47 Å². The molecule has 10 nitrogen and oxygen atoms in total. The molecule has 0 fully saturated rings. The highest BCUT2D eigenvalue weighted by molar-refractivity contribution is 5.68. The van der Waals surface area contributed by atoms with Gasteiger partial charge in [0.2, 0.25) is 0 Å². The Balaban J connectivity index is 0.802. The topological polar surface area (TPSA) is 112 Å². The zero-order chi connectivity index (χ0) is 32.7. The van der Waals surface area contributed by atoms with Gasteiger partial charge in [-0.15, -0.1) is 0 Å². The van der Waals surface area contributed by atoms with E-state index in [1.54, 1.807) is 12.4 Å². The lowest BCUT2D eigenvalue weighted by Crippen LogP contribution is -2.27. The van der Waals surface area contributed by atoms with Crippen molar-refractivity contribution >= 4 is 12.2 Å². The van der Waals surface area contributed by atoms with Gasteiger partial charge in [0, 0.05) is 50.7 Å². The molecule has 3 aromatic carbocycles. The number of nitrogens with zero attached hydrogens (tertiary/aromatic N) is 4. The second kappa shape index (κ2) is 14.6. The molecule has 10 heteroatoms. The normalized spacial score (nSPS) is 19.3. The van der Waals surface area contributed by atoms with Gasteiger partial charge in [-0.1, -0.05) is 84.9 Å². The predicted molar refractivity (Wildman–Crippen MR) is 180 cm³/mol. The lowest BCUT2D eigenvalue weighted by atomic mass is 10.0. The molecule has 0 aliphatic carbocycles.